The first-order chi connectivity index (χ1) is 10.1. The van der Waals surface area contributed by atoms with E-state index in [4.69, 9.17) is 25.8 Å². The molecule has 2 unspecified atom stereocenters. The topological polar surface area (TPSA) is 215 Å². The van der Waals surface area contributed by atoms with Crippen LogP contribution in [0.25, 0.3) is 0 Å². The largest absolute Gasteiger partial charge is 0.393 e. The van der Waals surface area contributed by atoms with Crippen molar-refractivity contribution in [2.75, 3.05) is 27.3 Å². The van der Waals surface area contributed by atoms with E-state index in [0.29, 0.717) is 0 Å². The maximum atomic E-state index is 10.2. The van der Waals surface area contributed by atoms with Gasteiger partial charge in [0.05, 0.1) is 13.1 Å². The second kappa shape index (κ2) is 26.4. The molecule has 2 atom stereocenters. The maximum absolute atomic E-state index is 10.2. The van der Waals surface area contributed by atoms with E-state index in [9.17, 15) is 18.7 Å². The van der Waals surface area contributed by atoms with Gasteiger partial charge in [0.2, 0.25) is 0 Å². The summed E-state index contributed by atoms with van der Waals surface area (Å²) in [6.45, 7) is -0.556. The Morgan fingerprint density at radius 2 is 1.04 bits per heavy atom. The number of carbonyl (C=O) groups excluding carboxylic acids is 2. The second-order valence-corrected chi connectivity index (χ2v) is 5.34. The molecule has 0 rings (SSSR count). The number of nitrogens with two attached hydrogens (primary N) is 2. The molecule has 0 bridgehead atoms. The molecular formula is C6H19N2O11P3Zr2. The quantitative estimate of drug-likeness (QED) is 0.265. The van der Waals surface area contributed by atoms with Gasteiger partial charge < -0.3 is 39.3 Å². The Morgan fingerprint density at radius 3 is 1.17 bits per heavy atom. The van der Waals surface area contributed by atoms with Gasteiger partial charge in [0.25, 0.3) is 0 Å². The van der Waals surface area contributed by atoms with Crippen molar-refractivity contribution in [3.8, 4) is 0 Å². The van der Waals surface area contributed by atoms with Crippen LogP contribution in [0, 0.1) is 0 Å². The molecule has 24 heavy (non-hydrogen) atoms. The molecule has 0 fully saturated rings. The smallest absolute Gasteiger partial charge is 0.369 e. The van der Waals surface area contributed by atoms with E-state index in [0.717, 1.165) is 0 Å². The Bertz CT molecular complexity index is 338. The van der Waals surface area contributed by atoms with Crippen molar-refractivity contribution in [3.05, 3.63) is 0 Å². The van der Waals surface area contributed by atoms with Gasteiger partial charge in [-0.15, -0.1) is 0 Å². The minimum atomic E-state index is -3.13. The molecule has 0 saturated heterocycles. The van der Waals surface area contributed by atoms with E-state index < -0.39 is 36.7 Å². The molecule has 0 aliphatic carbocycles. The summed E-state index contributed by atoms with van der Waals surface area (Å²) in [6.07, 6.45) is 0. The van der Waals surface area contributed by atoms with Gasteiger partial charge in [-0.05, 0) is 0 Å². The first-order valence-electron chi connectivity index (χ1n) is 5.03. The summed E-state index contributed by atoms with van der Waals surface area (Å²) in [5.41, 5.74) is 9.64. The summed E-state index contributed by atoms with van der Waals surface area (Å²) in [7, 11) is -6.00. The molecule has 0 aliphatic heterocycles. The molecule has 0 saturated carbocycles. The third-order valence-corrected chi connectivity index (χ3v) is 2.52. The molecule has 18 heteroatoms. The standard InChI is InChI=1S/2C3H8NO4P.H3O3P.2Zr/c2*1-7-9(6)8-3(5)2-4;1-4(2)3;;/h2*9H,2,4H2,1H3;4H,(H2,1,2,3);;. The van der Waals surface area contributed by atoms with Crippen molar-refractivity contribution in [2.45, 2.75) is 0 Å². The van der Waals surface area contributed by atoms with Gasteiger partial charge in [0.15, 0.2) is 0 Å². The number of carbonyl (C=O) groups is 2. The number of hydrogen-bond donors (Lipinski definition) is 4. The minimum absolute atomic E-state index is 0. The molecule has 0 heterocycles. The van der Waals surface area contributed by atoms with E-state index in [-0.39, 0.29) is 65.5 Å². The van der Waals surface area contributed by atoms with E-state index in [1.807, 2.05) is 0 Å². The predicted molar refractivity (Wildman–Crippen MR) is 75.8 cm³/mol. The van der Waals surface area contributed by atoms with Gasteiger partial charge in [0.1, 0.15) is 0 Å². The number of hydrogen-bond acceptors (Lipinski definition) is 11. The second-order valence-electron chi connectivity index (χ2n) is 2.55. The molecule has 0 aliphatic rings. The van der Waals surface area contributed by atoms with E-state index in [1.165, 1.54) is 14.2 Å². The summed E-state index contributed by atoms with van der Waals surface area (Å²) in [5.74, 6) is -1.44. The van der Waals surface area contributed by atoms with Crippen LogP contribution >= 0.6 is 24.8 Å². The van der Waals surface area contributed by atoms with E-state index in [2.05, 4.69) is 18.1 Å². The van der Waals surface area contributed by atoms with Gasteiger partial charge in [-0.25, -0.2) is 9.13 Å². The Hall–Kier alpha value is 1.16. The van der Waals surface area contributed by atoms with Gasteiger partial charge >= 0.3 is 36.7 Å². The van der Waals surface area contributed by atoms with Crippen molar-refractivity contribution in [1.82, 2.24) is 0 Å². The van der Waals surface area contributed by atoms with Crippen LogP contribution in [0.15, 0.2) is 0 Å². The SMILES string of the molecule is CO[PH](=O)OC(=O)CN.CO[PH](=O)OC(=O)CN.O=[PH](O)O.[Zr].[Zr]. The van der Waals surface area contributed by atoms with Crippen molar-refractivity contribution in [1.29, 1.82) is 0 Å². The summed E-state index contributed by atoms with van der Waals surface area (Å²) < 4.78 is 45.8. The first kappa shape index (κ1) is 36.1. The predicted octanol–water partition coefficient (Wildman–Crippen LogP) is -1.60. The molecule has 0 aromatic rings. The van der Waals surface area contributed by atoms with Crippen molar-refractivity contribution >= 4 is 36.7 Å². The molecule has 0 radical (unpaired) electrons. The van der Waals surface area contributed by atoms with Crippen LogP contribution in [0.2, 0.25) is 0 Å². The molecule has 142 valence electrons. The van der Waals surface area contributed by atoms with Crippen LogP contribution in [0.3, 0.4) is 0 Å². The maximum Gasteiger partial charge on any atom is 0.369 e. The fourth-order valence-electron chi connectivity index (χ4n) is 0.353. The minimum Gasteiger partial charge on any atom is -0.393 e. The summed E-state index contributed by atoms with van der Waals surface area (Å²) in [4.78, 5) is 34.7. The Kier molecular flexibility index (Phi) is 39.7. The summed E-state index contributed by atoms with van der Waals surface area (Å²) in [5, 5.41) is 0. The van der Waals surface area contributed by atoms with E-state index in [1.54, 1.807) is 0 Å². The molecule has 0 spiro atoms. The third-order valence-electron chi connectivity index (χ3n) is 1.06. The third kappa shape index (κ3) is 38.6. The Morgan fingerprint density at radius 1 is 0.833 bits per heavy atom. The molecule has 0 aromatic heterocycles. The van der Waals surface area contributed by atoms with Gasteiger partial charge in [-0.1, -0.05) is 0 Å². The van der Waals surface area contributed by atoms with Gasteiger partial charge in [-0.3, -0.25) is 14.2 Å². The average molecular weight is 571 g/mol. The average Bonchev–Trinajstić information content (AvgIpc) is 2.46. The van der Waals surface area contributed by atoms with Crippen molar-refractivity contribution < 1.29 is 104 Å². The molecule has 13 nitrogen and oxygen atoms in total. The number of rotatable bonds is 6. The van der Waals surface area contributed by atoms with Crippen molar-refractivity contribution in [2.24, 2.45) is 11.5 Å². The van der Waals surface area contributed by atoms with Crippen LogP contribution in [0.5, 0.6) is 0 Å². The zero-order valence-corrected chi connectivity index (χ0v) is 20.6. The van der Waals surface area contributed by atoms with Crippen LogP contribution in [-0.4, -0.2) is 49.0 Å². The zero-order valence-electron chi connectivity index (χ0n) is 12.6. The Labute approximate surface area is 178 Å². The summed E-state index contributed by atoms with van der Waals surface area (Å²) >= 11 is 0. The van der Waals surface area contributed by atoms with Crippen LogP contribution in [0.4, 0.5) is 0 Å². The first-order valence-corrected chi connectivity index (χ1v) is 8.78. The monoisotopic (exact) mass is 568 g/mol. The van der Waals surface area contributed by atoms with Crippen LogP contribution in [0.1, 0.15) is 0 Å². The molecule has 0 amide bonds. The van der Waals surface area contributed by atoms with Crippen molar-refractivity contribution in [3.63, 3.8) is 0 Å². The Balaban J connectivity index is -0.0000000771. The van der Waals surface area contributed by atoms with Gasteiger partial charge in [0, 0.05) is 66.6 Å². The molecule has 6 N–H and O–H groups in total. The molecular weight excluding hydrogens is 551 g/mol. The fraction of sp³-hybridized carbons (Fsp3) is 0.667. The van der Waals surface area contributed by atoms with Crippen LogP contribution in [-0.2, 0) is 93.8 Å². The zero-order chi connectivity index (χ0) is 18.1. The summed E-state index contributed by atoms with van der Waals surface area (Å²) in [6, 6.07) is 0. The fourth-order valence-corrected chi connectivity index (χ4v) is 1.06. The molecule has 0 aromatic carbocycles. The van der Waals surface area contributed by atoms with E-state index >= 15 is 0 Å². The normalized spacial score (nSPS) is 11.0. The van der Waals surface area contributed by atoms with Gasteiger partial charge in [-0.2, -0.15) is 0 Å². The van der Waals surface area contributed by atoms with Crippen LogP contribution < -0.4 is 11.5 Å².